The molecular formula is C12H12ClN3. The van der Waals surface area contributed by atoms with Gasteiger partial charge in [0.1, 0.15) is 10.8 Å². The van der Waals surface area contributed by atoms with Crippen LogP contribution in [0, 0.1) is 20.8 Å². The van der Waals surface area contributed by atoms with Crippen molar-refractivity contribution in [1.82, 2.24) is 15.0 Å². The minimum Gasteiger partial charge on any atom is -0.253 e. The van der Waals surface area contributed by atoms with Crippen molar-refractivity contribution in [2.45, 2.75) is 20.8 Å². The molecule has 2 aromatic rings. The van der Waals surface area contributed by atoms with E-state index in [-0.39, 0.29) is 0 Å². The average Bonchev–Trinajstić information content (AvgIpc) is 2.25. The van der Waals surface area contributed by atoms with Gasteiger partial charge in [-0.15, -0.1) is 0 Å². The molecule has 0 spiro atoms. The number of hydrogen-bond acceptors (Lipinski definition) is 3. The Hall–Kier alpha value is -1.48. The Bertz CT molecular complexity index is 515. The van der Waals surface area contributed by atoms with Crippen LogP contribution in [0.15, 0.2) is 18.3 Å². The van der Waals surface area contributed by atoms with Crippen LogP contribution in [-0.4, -0.2) is 15.0 Å². The van der Waals surface area contributed by atoms with Gasteiger partial charge in [-0.3, -0.25) is 4.98 Å². The lowest BCUT2D eigenvalue weighted by atomic mass is 10.2. The van der Waals surface area contributed by atoms with Crippen molar-refractivity contribution in [2.75, 3.05) is 0 Å². The van der Waals surface area contributed by atoms with Crippen LogP contribution in [0.1, 0.15) is 16.8 Å². The van der Waals surface area contributed by atoms with E-state index in [4.69, 9.17) is 11.6 Å². The third kappa shape index (κ3) is 2.04. The maximum atomic E-state index is 6.03. The lowest BCUT2D eigenvalue weighted by Gasteiger charge is -2.05. The molecule has 2 heterocycles. The van der Waals surface area contributed by atoms with Gasteiger partial charge >= 0.3 is 0 Å². The van der Waals surface area contributed by atoms with Crippen molar-refractivity contribution >= 4 is 11.6 Å². The molecule has 0 radical (unpaired) electrons. The molecule has 16 heavy (non-hydrogen) atoms. The van der Waals surface area contributed by atoms with Crippen LogP contribution in [0.25, 0.3) is 11.5 Å². The summed E-state index contributed by atoms with van der Waals surface area (Å²) in [6.07, 6.45) is 1.75. The standard InChI is InChI=1S/C12H12ClN3/c1-7-4-5-14-10(6-7)12-15-9(3)8(2)11(13)16-12/h4-6H,1-3H3. The van der Waals surface area contributed by atoms with Crippen molar-refractivity contribution in [3.05, 3.63) is 40.3 Å². The normalized spacial score (nSPS) is 10.5. The molecule has 0 aliphatic carbocycles. The number of hydrogen-bond donors (Lipinski definition) is 0. The molecule has 82 valence electrons. The van der Waals surface area contributed by atoms with Crippen LogP contribution >= 0.6 is 11.6 Å². The van der Waals surface area contributed by atoms with Crippen molar-refractivity contribution in [3.63, 3.8) is 0 Å². The average molecular weight is 234 g/mol. The third-order valence-electron chi connectivity index (χ3n) is 2.47. The van der Waals surface area contributed by atoms with Gasteiger partial charge in [-0.05, 0) is 38.5 Å². The number of pyridine rings is 1. The van der Waals surface area contributed by atoms with Crippen LogP contribution < -0.4 is 0 Å². The summed E-state index contributed by atoms with van der Waals surface area (Å²) in [4.78, 5) is 12.9. The highest BCUT2D eigenvalue weighted by atomic mass is 35.5. The van der Waals surface area contributed by atoms with Crippen molar-refractivity contribution in [3.8, 4) is 11.5 Å². The molecule has 2 aromatic heterocycles. The summed E-state index contributed by atoms with van der Waals surface area (Å²) in [5.74, 6) is 0.580. The van der Waals surface area contributed by atoms with Crippen LogP contribution in [0.5, 0.6) is 0 Å². The molecule has 0 fully saturated rings. The Balaban J connectivity index is 2.57. The van der Waals surface area contributed by atoms with E-state index in [1.807, 2.05) is 32.9 Å². The zero-order valence-corrected chi connectivity index (χ0v) is 10.2. The molecule has 0 unspecified atom stereocenters. The smallest absolute Gasteiger partial charge is 0.179 e. The van der Waals surface area contributed by atoms with Gasteiger partial charge in [0.2, 0.25) is 0 Å². The summed E-state index contributed by atoms with van der Waals surface area (Å²) < 4.78 is 0. The van der Waals surface area contributed by atoms with Crippen molar-refractivity contribution < 1.29 is 0 Å². The quantitative estimate of drug-likeness (QED) is 0.711. The lowest BCUT2D eigenvalue weighted by molar-refractivity contribution is 1.05. The third-order valence-corrected chi connectivity index (χ3v) is 2.84. The Morgan fingerprint density at radius 1 is 1.12 bits per heavy atom. The molecule has 0 atom stereocenters. The van der Waals surface area contributed by atoms with E-state index >= 15 is 0 Å². The van der Waals surface area contributed by atoms with E-state index in [1.54, 1.807) is 6.20 Å². The first-order valence-corrected chi connectivity index (χ1v) is 5.39. The van der Waals surface area contributed by atoms with Crippen molar-refractivity contribution in [2.24, 2.45) is 0 Å². The number of nitrogens with zero attached hydrogens (tertiary/aromatic N) is 3. The summed E-state index contributed by atoms with van der Waals surface area (Å²) in [6, 6.07) is 3.88. The fourth-order valence-corrected chi connectivity index (χ4v) is 1.58. The highest BCUT2D eigenvalue weighted by molar-refractivity contribution is 6.30. The Morgan fingerprint density at radius 2 is 1.88 bits per heavy atom. The van der Waals surface area contributed by atoms with Crippen LogP contribution in [0.2, 0.25) is 5.15 Å². The first kappa shape index (κ1) is 11.0. The Labute approximate surface area is 99.5 Å². The van der Waals surface area contributed by atoms with E-state index in [2.05, 4.69) is 15.0 Å². The van der Waals surface area contributed by atoms with E-state index in [0.29, 0.717) is 11.0 Å². The molecule has 0 N–H and O–H groups in total. The van der Waals surface area contributed by atoms with Gasteiger partial charge < -0.3 is 0 Å². The van der Waals surface area contributed by atoms with E-state index < -0.39 is 0 Å². The molecule has 4 heteroatoms. The molecule has 0 aliphatic heterocycles. The monoisotopic (exact) mass is 233 g/mol. The maximum absolute atomic E-state index is 6.03. The highest BCUT2D eigenvalue weighted by Crippen LogP contribution is 2.20. The molecule has 0 aromatic carbocycles. The Morgan fingerprint density at radius 3 is 2.50 bits per heavy atom. The second-order valence-electron chi connectivity index (χ2n) is 3.77. The van der Waals surface area contributed by atoms with E-state index in [1.165, 1.54) is 0 Å². The molecule has 0 amide bonds. The molecule has 0 aliphatic rings. The van der Waals surface area contributed by atoms with Crippen LogP contribution in [0.3, 0.4) is 0 Å². The summed E-state index contributed by atoms with van der Waals surface area (Å²) in [6.45, 7) is 5.83. The predicted molar refractivity (Wildman–Crippen MR) is 64.5 cm³/mol. The zero-order valence-electron chi connectivity index (χ0n) is 9.45. The minimum absolute atomic E-state index is 0.491. The molecule has 2 rings (SSSR count). The topological polar surface area (TPSA) is 38.7 Å². The number of halogens is 1. The van der Waals surface area contributed by atoms with Gasteiger partial charge in [0, 0.05) is 17.5 Å². The number of rotatable bonds is 1. The molecule has 0 saturated carbocycles. The predicted octanol–water partition coefficient (Wildman–Crippen LogP) is 3.12. The van der Waals surface area contributed by atoms with Gasteiger partial charge in [0.25, 0.3) is 0 Å². The van der Waals surface area contributed by atoms with Crippen molar-refractivity contribution in [1.29, 1.82) is 0 Å². The largest absolute Gasteiger partial charge is 0.253 e. The minimum atomic E-state index is 0.491. The lowest BCUT2D eigenvalue weighted by Crippen LogP contribution is -1.98. The fraction of sp³-hybridized carbons (Fsp3) is 0.250. The van der Waals surface area contributed by atoms with Gasteiger partial charge in [-0.2, -0.15) is 0 Å². The van der Waals surface area contributed by atoms with Crippen LogP contribution in [0.4, 0.5) is 0 Å². The fourth-order valence-electron chi connectivity index (χ4n) is 1.37. The van der Waals surface area contributed by atoms with Crippen LogP contribution in [-0.2, 0) is 0 Å². The second-order valence-corrected chi connectivity index (χ2v) is 4.12. The van der Waals surface area contributed by atoms with E-state index in [9.17, 15) is 0 Å². The molecule has 0 saturated heterocycles. The first-order chi connectivity index (χ1) is 7.58. The van der Waals surface area contributed by atoms with E-state index in [0.717, 1.165) is 22.5 Å². The summed E-state index contributed by atoms with van der Waals surface area (Å²) in [7, 11) is 0. The molecule has 0 bridgehead atoms. The number of aromatic nitrogens is 3. The van der Waals surface area contributed by atoms with Gasteiger partial charge in [-0.1, -0.05) is 11.6 Å². The zero-order chi connectivity index (χ0) is 11.7. The first-order valence-electron chi connectivity index (χ1n) is 5.01. The van der Waals surface area contributed by atoms with Gasteiger partial charge in [-0.25, -0.2) is 9.97 Å². The SMILES string of the molecule is Cc1ccnc(-c2nc(C)c(C)c(Cl)n2)c1. The summed E-state index contributed by atoms with van der Waals surface area (Å²) in [5.41, 5.74) is 3.68. The van der Waals surface area contributed by atoms with Gasteiger partial charge in [0.15, 0.2) is 5.82 Å². The summed E-state index contributed by atoms with van der Waals surface area (Å²) in [5, 5.41) is 0.491. The number of aryl methyl sites for hydroxylation is 2. The second kappa shape index (κ2) is 4.18. The molecule has 3 nitrogen and oxygen atoms in total. The highest BCUT2D eigenvalue weighted by Gasteiger charge is 2.08. The molecular weight excluding hydrogens is 222 g/mol. The maximum Gasteiger partial charge on any atom is 0.179 e. The Kier molecular flexibility index (Phi) is 2.88. The summed E-state index contributed by atoms with van der Waals surface area (Å²) >= 11 is 6.03. The van der Waals surface area contributed by atoms with Gasteiger partial charge in [0.05, 0.1) is 0 Å².